The average molecular weight is 189 g/mol. The summed E-state index contributed by atoms with van der Waals surface area (Å²) < 4.78 is 0. The fraction of sp³-hybridized carbons (Fsp3) is 0.857. The Balaban J connectivity index is 2.57. The molecule has 0 unspecified atom stereocenters. The summed E-state index contributed by atoms with van der Waals surface area (Å²) in [6.45, 7) is 1.41. The minimum absolute atomic E-state index is 0.250. The summed E-state index contributed by atoms with van der Waals surface area (Å²) in [7, 11) is 0. The summed E-state index contributed by atoms with van der Waals surface area (Å²) in [5.74, 6) is -1.21. The van der Waals surface area contributed by atoms with Gasteiger partial charge in [-0.15, -0.1) is 0 Å². The van der Waals surface area contributed by atoms with Crippen molar-refractivity contribution < 1.29 is 15.0 Å². The molecule has 0 aromatic rings. The van der Waals surface area contributed by atoms with Gasteiger partial charge < -0.3 is 15.9 Å². The summed E-state index contributed by atoms with van der Waals surface area (Å²) in [4.78, 5) is 10.7. The minimum atomic E-state index is -1.75. The molecule has 1 atom stereocenters. The molecule has 0 spiro atoms. The van der Waals surface area contributed by atoms with Gasteiger partial charge in [0.25, 0.3) is 0 Å². The molecule has 0 amide bonds. The lowest BCUT2D eigenvalue weighted by Gasteiger charge is -2.29. The van der Waals surface area contributed by atoms with Gasteiger partial charge >= 0.3 is 5.97 Å². The maximum Gasteiger partial charge on any atom is 0.352 e. The lowest BCUT2D eigenvalue weighted by atomic mass is 10.2. The SMILES string of the molecule is NCCNN1CCC[C@@]1(O)C(=O)O. The normalized spacial score (nSPS) is 29.4. The molecule has 0 aromatic heterocycles. The van der Waals surface area contributed by atoms with E-state index in [1.54, 1.807) is 0 Å². The van der Waals surface area contributed by atoms with Crippen LogP contribution in [0.3, 0.4) is 0 Å². The Morgan fingerprint density at radius 3 is 2.92 bits per heavy atom. The number of nitrogens with two attached hydrogens (primary N) is 1. The molecule has 1 saturated heterocycles. The molecule has 1 rings (SSSR count). The smallest absolute Gasteiger partial charge is 0.352 e. The number of carbonyl (C=O) groups is 1. The van der Waals surface area contributed by atoms with Crippen LogP contribution in [0.5, 0.6) is 0 Å². The van der Waals surface area contributed by atoms with E-state index < -0.39 is 11.7 Å². The summed E-state index contributed by atoms with van der Waals surface area (Å²) >= 11 is 0. The topological polar surface area (TPSA) is 98.8 Å². The number of aliphatic carboxylic acids is 1. The molecule has 76 valence electrons. The standard InChI is InChI=1S/C7H15N3O3/c8-3-4-9-10-5-1-2-7(10,13)6(11)12/h9,13H,1-5,8H2,(H,11,12)/t7-/m1/s1. The molecule has 6 nitrogen and oxygen atoms in total. The quantitative estimate of drug-likeness (QED) is 0.421. The molecular weight excluding hydrogens is 174 g/mol. The zero-order chi connectivity index (χ0) is 9.90. The molecule has 1 fully saturated rings. The first-order valence-electron chi connectivity index (χ1n) is 4.28. The third-order valence-electron chi connectivity index (χ3n) is 2.14. The van der Waals surface area contributed by atoms with E-state index in [1.807, 2.05) is 0 Å². The van der Waals surface area contributed by atoms with Gasteiger partial charge in [0.1, 0.15) is 0 Å². The molecule has 0 saturated carbocycles. The van der Waals surface area contributed by atoms with Gasteiger partial charge in [-0.1, -0.05) is 0 Å². The fourth-order valence-electron chi connectivity index (χ4n) is 1.44. The minimum Gasteiger partial charge on any atom is -0.478 e. The molecule has 1 heterocycles. The number of carboxylic acids is 1. The highest BCUT2D eigenvalue weighted by Gasteiger charge is 2.46. The number of hydrogen-bond donors (Lipinski definition) is 4. The van der Waals surface area contributed by atoms with Crippen LogP contribution in [0.1, 0.15) is 12.8 Å². The first kappa shape index (κ1) is 10.4. The summed E-state index contributed by atoms with van der Waals surface area (Å²) in [5, 5.41) is 19.8. The van der Waals surface area contributed by atoms with Crippen molar-refractivity contribution in [2.75, 3.05) is 19.6 Å². The number of nitrogens with zero attached hydrogens (tertiary/aromatic N) is 1. The van der Waals surface area contributed by atoms with E-state index >= 15 is 0 Å². The van der Waals surface area contributed by atoms with E-state index in [2.05, 4.69) is 5.43 Å². The summed E-state index contributed by atoms with van der Waals surface area (Å²) in [5.41, 5.74) is 6.28. The van der Waals surface area contributed by atoms with Crippen molar-refractivity contribution in [2.24, 2.45) is 5.73 Å². The molecule has 1 aliphatic rings. The average Bonchev–Trinajstić information content (AvgIpc) is 2.45. The number of aliphatic hydroxyl groups is 1. The zero-order valence-corrected chi connectivity index (χ0v) is 7.36. The highest BCUT2D eigenvalue weighted by molar-refractivity contribution is 5.76. The van der Waals surface area contributed by atoms with Gasteiger partial charge in [-0.25, -0.2) is 9.80 Å². The lowest BCUT2D eigenvalue weighted by molar-refractivity contribution is -0.182. The van der Waals surface area contributed by atoms with E-state index in [4.69, 9.17) is 10.8 Å². The van der Waals surface area contributed by atoms with E-state index in [0.717, 1.165) is 0 Å². The Kier molecular flexibility index (Phi) is 3.21. The highest BCUT2D eigenvalue weighted by Crippen LogP contribution is 2.24. The van der Waals surface area contributed by atoms with Gasteiger partial charge in [-0.3, -0.25) is 5.43 Å². The maximum absolute atomic E-state index is 10.7. The molecule has 5 N–H and O–H groups in total. The van der Waals surface area contributed by atoms with Gasteiger partial charge in [0.05, 0.1) is 0 Å². The number of hydrazine groups is 1. The van der Waals surface area contributed by atoms with Gasteiger partial charge in [0, 0.05) is 26.1 Å². The van der Waals surface area contributed by atoms with Crippen LogP contribution in [-0.2, 0) is 4.79 Å². The van der Waals surface area contributed by atoms with E-state index in [0.29, 0.717) is 26.1 Å². The van der Waals surface area contributed by atoms with Gasteiger partial charge in [0.2, 0.25) is 5.72 Å². The summed E-state index contributed by atoms with van der Waals surface area (Å²) in [6, 6.07) is 0. The van der Waals surface area contributed by atoms with Crippen LogP contribution in [0.15, 0.2) is 0 Å². The van der Waals surface area contributed by atoms with Crippen LogP contribution in [0.2, 0.25) is 0 Å². The fourth-order valence-corrected chi connectivity index (χ4v) is 1.44. The third-order valence-corrected chi connectivity index (χ3v) is 2.14. The lowest BCUT2D eigenvalue weighted by Crippen LogP contribution is -2.57. The van der Waals surface area contributed by atoms with Gasteiger partial charge in [0.15, 0.2) is 0 Å². The van der Waals surface area contributed by atoms with Crippen LogP contribution < -0.4 is 11.2 Å². The van der Waals surface area contributed by atoms with Crippen molar-refractivity contribution in [1.29, 1.82) is 0 Å². The molecule has 0 radical (unpaired) electrons. The monoisotopic (exact) mass is 189 g/mol. The second kappa shape index (κ2) is 4.01. The molecule has 13 heavy (non-hydrogen) atoms. The number of hydrogen-bond acceptors (Lipinski definition) is 5. The second-order valence-electron chi connectivity index (χ2n) is 3.07. The first-order chi connectivity index (χ1) is 6.11. The first-order valence-corrected chi connectivity index (χ1v) is 4.28. The van der Waals surface area contributed by atoms with Crippen molar-refractivity contribution in [1.82, 2.24) is 10.4 Å². The van der Waals surface area contributed by atoms with Gasteiger partial charge in [-0.2, -0.15) is 0 Å². The zero-order valence-electron chi connectivity index (χ0n) is 7.36. The molecular formula is C7H15N3O3. The van der Waals surface area contributed by atoms with Crippen LogP contribution in [0.25, 0.3) is 0 Å². The van der Waals surface area contributed by atoms with Crippen molar-refractivity contribution in [3.8, 4) is 0 Å². The van der Waals surface area contributed by atoms with Crippen molar-refractivity contribution in [3.63, 3.8) is 0 Å². The Bertz CT molecular complexity index is 199. The number of nitrogens with one attached hydrogen (secondary N) is 1. The van der Waals surface area contributed by atoms with E-state index in [1.165, 1.54) is 5.01 Å². The predicted molar refractivity (Wildman–Crippen MR) is 45.6 cm³/mol. The molecule has 1 aliphatic heterocycles. The van der Waals surface area contributed by atoms with Crippen LogP contribution in [0.4, 0.5) is 0 Å². The molecule has 0 aromatic carbocycles. The maximum atomic E-state index is 10.7. The largest absolute Gasteiger partial charge is 0.478 e. The van der Waals surface area contributed by atoms with Crippen LogP contribution >= 0.6 is 0 Å². The Morgan fingerprint density at radius 2 is 2.38 bits per heavy atom. The van der Waals surface area contributed by atoms with Crippen LogP contribution in [-0.4, -0.2) is 46.6 Å². The predicted octanol–water partition coefficient (Wildman–Crippen LogP) is -1.68. The molecule has 6 heteroatoms. The van der Waals surface area contributed by atoms with E-state index in [-0.39, 0.29) is 6.42 Å². The number of rotatable bonds is 4. The van der Waals surface area contributed by atoms with Crippen LogP contribution in [0, 0.1) is 0 Å². The number of carboxylic acid groups (broad SMARTS) is 1. The van der Waals surface area contributed by atoms with E-state index in [9.17, 15) is 9.90 Å². The van der Waals surface area contributed by atoms with Crippen molar-refractivity contribution >= 4 is 5.97 Å². The third kappa shape index (κ3) is 1.97. The Hall–Kier alpha value is -0.690. The molecule has 0 bridgehead atoms. The second-order valence-corrected chi connectivity index (χ2v) is 3.07. The van der Waals surface area contributed by atoms with Crippen molar-refractivity contribution in [3.05, 3.63) is 0 Å². The van der Waals surface area contributed by atoms with Gasteiger partial charge in [-0.05, 0) is 6.42 Å². The summed E-state index contributed by atoms with van der Waals surface area (Å²) in [6.07, 6.45) is 0.917. The Morgan fingerprint density at radius 1 is 1.69 bits per heavy atom. The highest BCUT2D eigenvalue weighted by atomic mass is 16.4. The Labute approximate surface area is 76.3 Å². The molecule has 0 aliphatic carbocycles. The van der Waals surface area contributed by atoms with Crippen molar-refractivity contribution in [2.45, 2.75) is 18.6 Å².